The van der Waals surface area contributed by atoms with Gasteiger partial charge in [-0.15, -0.1) is 0 Å². The summed E-state index contributed by atoms with van der Waals surface area (Å²) in [6.45, 7) is 0. The molecule has 0 spiro atoms. The Morgan fingerprint density at radius 2 is 1.00 bits per heavy atom. The number of fused-ring (bicyclic) bond motifs is 2. The van der Waals surface area contributed by atoms with E-state index in [9.17, 15) is 0 Å². The van der Waals surface area contributed by atoms with Crippen LogP contribution in [0, 0.1) is 0 Å². The third kappa shape index (κ3) is 0.635. The predicted molar refractivity (Wildman–Crippen MR) is 34.2 cm³/mol. The molecule has 3 rings (SSSR count). The fourth-order valence-electron chi connectivity index (χ4n) is 1.30. The van der Waals surface area contributed by atoms with E-state index in [-0.39, 0.29) is 0 Å². The van der Waals surface area contributed by atoms with Gasteiger partial charge in [0.25, 0.3) is 0 Å². The minimum atomic E-state index is 0.609. The van der Waals surface area contributed by atoms with Gasteiger partial charge in [-0.1, -0.05) is 20.6 Å². The molecule has 0 aliphatic heterocycles. The summed E-state index contributed by atoms with van der Waals surface area (Å²) in [4.78, 5) is 0. The molecule has 0 aromatic carbocycles. The van der Waals surface area contributed by atoms with E-state index in [0.29, 0.717) is 12.8 Å². The SMILES string of the molecule is C1c2nonc2Cc2nonc21. The number of hydrogen-bond donors (Lipinski definition) is 0. The van der Waals surface area contributed by atoms with Gasteiger partial charge in [0.1, 0.15) is 22.8 Å². The molecule has 0 atom stereocenters. The summed E-state index contributed by atoms with van der Waals surface area (Å²) >= 11 is 0. The Labute approximate surface area is 66.5 Å². The molecular weight excluding hydrogens is 160 g/mol. The highest BCUT2D eigenvalue weighted by Crippen LogP contribution is 2.20. The molecule has 0 N–H and O–H groups in total. The van der Waals surface area contributed by atoms with Crippen LogP contribution in [0.1, 0.15) is 22.8 Å². The Balaban J connectivity index is 2.15. The van der Waals surface area contributed by atoms with Gasteiger partial charge >= 0.3 is 0 Å². The topological polar surface area (TPSA) is 77.8 Å². The molecule has 0 bridgehead atoms. The van der Waals surface area contributed by atoms with Crippen molar-refractivity contribution in [3.8, 4) is 0 Å². The summed E-state index contributed by atoms with van der Waals surface area (Å²) in [5, 5.41) is 15.0. The molecule has 2 heterocycles. The summed E-state index contributed by atoms with van der Waals surface area (Å²) in [5.41, 5.74) is 3.33. The van der Waals surface area contributed by atoms with E-state index in [0.717, 1.165) is 22.8 Å². The zero-order chi connectivity index (χ0) is 7.97. The van der Waals surface area contributed by atoms with Crippen LogP contribution in [0.2, 0.25) is 0 Å². The zero-order valence-electron chi connectivity index (χ0n) is 6.02. The van der Waals surface area contributed by atoms with E-state index >= 15 is 0 Å². The second-order valence-electron chi connectivity index (χ2n) is 2.67. The monoisotopic (exact) mass is 164 g/mol. The van der Waals surface area contributed by atoms with Crippen molar-refractivity contribution in [1.29, 1.82) is 0 Å². The van der Waals surface area contributed by atoms with Gasteiger partial charge in [0.2, 0.25) is 0 Å². The number of aromatic nitrogens is 4. The summed E-state index contributed by atoms with van der Waals surface area (Å²) in [6, 6.07) is 0. The average Bonchev–Trinajstić information content (AvgIpc) is 2.64. The quantitative estimate of drug-likeness (QED) is 0.463. The van der Waals surface area contributed by atoms with Crippen LogP contribution in [0.25, 0.3) is 0 Å². The maximum Gasteiger partial charge on any atom is 0.114 e. The molecule has 0 saturated heterocycles. The molecular formula is C6H4N4O2. The molecule has 1 aliphatic rings. The van der Waals surface area contributed by atoms with Crippen molar-refractivity contribution in [3.63, 3.8) is 0 Å². The Hall–Kier alpha value is -1.72. The van der Waals surface area contributed by atoms with Crippen LogP contribution >= 0.6 is 0 Å². The third-order valence-corrected chi connectivity index (χ3v) is 1.94. The number of nitrogens with zero attached hydrogens (tertiary/aromatic N) is 4. The first-order valence-electron chi connectivity index (χ1n) is 3.54. The largest absolute Gasteiger partial charge is 0.244 e. The predicted octanol–water partition coefficient (Wildman–Crippen LogP) is -0.0524. The molecule has 0 amide bonds. The van der Waals surface area contributed by atoms with Crippen molar-refractivity contribution in [2.45, 2.75) is 12.8 Å². The van der Waals surface area contributed by atoms with Gasteiger partial charge in [0.05, 0.1) is 0 Å². The van der Waals surface area contributed by atoms with Crippen LogP contribution in [0.5, 0.6) is 0 Å². The molecule has 2 aromatic heterocycles. The fraction of sp³-hybridized carbons (Fsp3) is 0.333. The zero-order valence-corrected chi connectivity index (χ0v) is 6.02. The first-order valence-corrected chi connectivity index (χ1v) is 3.54. The van der Waals surface area contributed by atoms with Gasteiger partial charge in [-0.3, -0.25) is 0 Å². The average molecular weight is 164 g/mol. The first kappa shape index (κ1) is 5.87. The lowest BCUT2D eigenvalue weighted by Crippen LogP contribution is -2.06. The molecule has 2 aromatic rings. The summed E-state index contributed by atoms with van der Waals surface area (Å²) in [6.07, 6.45) is 1.22. The van der Waals surface area contributed by atoms with Crippen molar-refractivity contribution in [2.75, 3.05) is 0 Å². The standard InChI is InChI=1S/C6H4N4O2/c1-3-5(9-11-7-3)2-6-4(1)8-12-10-6/h1-2H2. The van der Waals surface area contributed by atoms with Gasteiger partial charge in [-0.2, -0.15) is 0 Å². The Kier molecular flexibility index (Phi) is 0.931. The lowest BCUT2D eigenvalue weighted by molar-refractivity contribution is 0.294. The normalized spacial score (nSPS) is 14.0. The van der Waals surface area contributed by atoms with E-state index in [1.807, 2.05) is 0 Å². The minimum Gasteiger partial charge on any atom is -0.244 e. The van der Waals surface area contributed by atoms with Crippen LogP contribution in [0.15, 0.2) is 9.26 Å². The van der Waals surface area contributed by atoms with Gasteiger partial charge in [-0.05, 0) is 0 Å². The van der Waals surface area contributed by atoms with Crippen molar-refractivity contribution >= 4 is 0 Å². The molecule has 60 valence electrons. The van der Waals surface area contributed by atoms with E-state index in [4.69, 9.17) is 0 Å². The number of hydrogen-bond acceptors (Lipinski definition) is 6. The van der Waals surface area contributed by atoms with Crippen LogP contribution < -0.4 is 0 Å². The highest BCUT2D eigenvalue weighted by molar-refractivity contribution is 5.29. The summed E-state index contributed by atoms with van der Waals surface area (Å²) in [7, 11) is 0. The van der Waals surface area contributed by atoms with Gasteiger partial charge in [0.15, 0.2) is 0 Å². The van der Waals surface area contributed by atoms with E-state index < -0.39 is 0 Å². The second-order valence-corrected chi connectivity index (χ2v) is 2.67. The first-order chi connectivity index (χ1) is 5.93. The highest BCUT2D eigenvalue weighted by atomic mass is 16.6. The van der Waals surface area contributed by atoms with Crippen molar-refractivity contribution < 1.29 is 9.26 Å². The molecule has 12 heavy (non-hydrogen) atoms. The van der Waals surface area contributed by atoms with Crippen molar-refractivity contribution in [1.82, 2.24) is 20.6 Å². The maximum absolute atomic E-state index is 4.58. The van der Waals surface area contributed by atoms with Gasteiger partial charge in [-0.25, -0.2) is 9.26 Å². The minimum absolute atomic E-state index is 0.609. The van der Waals surface area contributed by atoms with Crippen molar-refractivity contribution in [3.05, 3.63) is 22.8 Å². The lowest BCUT2D eigenvalue weighted by Gasteiger charge is -2.01. The molecule has 1 aliphatic carbocycles. The fourth-order valence-corrected chi connectivity index (χ4v) is 1.30. The van der Waals surface area contributed by atoms with Crippen LogP contribution in [-0.2, 0) is 12.8 Å². The Morgan fingerprint density at radius 1 is 0.667 bits per heavy atom. The van der Waals surface area contributed by atoms with Crippen LogP contribution in [0.4, 0.5) is 0 Å². The van der Waals surface area contributed by atoms with E-state index in [1.165, 1.54) is 0 Å². The molecule has 0 saturated carbocycles. The molecule has 0 unspecified atom stereocenters. The molecule has 6 heteroatoms. The highest BCUT2D eigenvalue weighted by Gasteiger charge is 2.24. The smallest absolute Gasteiger partial charge is 0.114 e. The maximum atomic E-state index is 4.58. The summed E-state index contributed by atoms with van der Waals surface area (Å²) in [5.74, 6) is 0. The van der Waals surface area contributed by atoms with E-state index in [1.54, 1.807) is 0 Å². The lowest BCUT2D eigenvalue weighted by atomic mass is 10.0. The molecule has 0 fully saturated rings. The van der Waals surface area contributed by atoms with E-state index in [2.05, 4.69) is 29.9 Å². The Bertz CT molecular complexity index is 345. The molecule has 0 radical (unpaired) electrons. The van der Waals surface area contributed by atoms with Crippen LogP contribution in [-0.4, -0.2) is 20.6 Å². The second kappa shape index (κ2) is 1.90. The Morgan fingerprint density at radius 3 is 1.33 bits per heavy atom. The van der Waals surface area contributed by atoms with Gasteiger partial charge < -0.3 is 0 Å². The van der Waals surface area contributed by atoms with Gasteiger partial charge in [0, 0.05) is 12.8 Å². The number of rotatable bonds is 0. The third-order valence-electron chi connectivity index (χ3n) is 1.94. The molecule has 6 nitrogen and oxygen atoms in total. The van der Waals surface area contributed by atoms with Crippen molar-refractivity contribution in [2.24, 2.45) is 0 Å². The van der Waals surface area contributed by atoms with Crippen LogP contribution in [0.3, 0.4) is 0 Å². The summed E-state index contributed by atoms with van der Waals surface area (Å²) < 4.78 is 9.16.